The van der Waals surface area contributed by atoms with E-state index in [4.69, 9.17) is 0 Å². The van der Waals surface area contributed by atoms with Gasteiger partial charge >= 0.3 is 0 Å². The highest BCUT2D eigenvalue weighted by atomic mass is 16.1. The van der Waals surface area contributed by atoms with E-state index >= 15 is 0 Å². The number of amides is 1. The SMILES string of the molecule is Cc1ccccc1C(=O)NCC1(N2CCN(C)CC2)CCCCC1. The Labute approximate surface area is 146 Å². The number of likely N-dealkylation sites (N-methyl/N-ethyl adjacent to an activating group) is 1. The molecule has 4 nitrogen and oxygen atoms in total. The summed E-state index contributed by atoms with van der Waals surface area (Å²) in [5, 5.41) is 3.26. The van der Waals surface area contributed by atoms with Crippen molar-refractivity contribution in [2.24, 2.45) is 0 Å². The van der Waals surface area contributed by atoms with Gasteiger partial charge in [0.25, 0.3) is 5.91 Å². The first-order chi connectivity index (χ1) is 11.6. The topological polar surface area (TPSA) is 35.6 Å². The smallest absolute Gasteiger partial charge is 0.251 e. The number of carbonyl (C=O) groups excluding carboxylic acids is 1. The van der Waals surface area contributed by atoms with Crippen LogP contribution in [0.5, 0.6) is 0 Å². The minimum atomic E-state index is 0.0761. The fraction of sp³-hybridized carbons (Fsp3) is 0.650. The summed E-state index contributed by atoms with van der Waals surface area (Å²) < 4.78 is 0. The van der Waals surface area contributed by atoms with Gasteiger partial charge in [-0.05, 0) is 38.4 Å². The van der Waals surface area contributed by atoms with Crippen molar-refractivity contribution in [2.75, 3.05) is 39.8 Å². The summed E-state index contributed by atoms with van der Waals surface area (Å²) >= 11 is 0. The predicted octanol–water partition coefficient (Wildman–Crippen LogP) is 2.68. The van der Waals surface area contributed by atoms with E-state index in [9.17, 15) is 4.79 Å². The second-order valence-corrected chi connectivity index (χ2v) is 7.57. The second-order valence-electron chi connectivity index (χ2n) is 7.57. The van der Waals surface area contributed by atoms with Gasteiger partial charge in [0.1, 0.15) is 0 Å². The van der Waals surface area contributed by atoms with E-state index in [0.29, 0.717) is 0 Å². The molecule has 1 saturated heterocycles. The minimum Gasteiger partial charge on any atom is -0.350 e. The average molecular weight is 329 g/mol. The zero-order valence-corrected chi connectivity index (χ0v) is 15.2. The Morgan fingerprint density at radius 1 is 1.08 bits per heavy atom. The molecule has 0 aromatic heterocycles. The number of benzene rings is 1. The lowest BCUT2D eigenvalue weighted by Gasteiger charge is -2.49. The molecule has 1 heterocycles. The second kappa shape index (κ2) is 7.66. The Bertz CT molecular complexity index is 558. The summed E-state index contributed by atoms with van der Waals surface area (Å²) in [6, 6.07) is 7.86. The van der Waals surface area contributed by atoms with Crippen molar-refractivity contribution in [1.82, 2.24) is 15.1 Å². The van der Waals surface area contributed by atoms with Crippen LogP contribution in [0.25, 0.3) is 0 Å². The molecule has 1 N–H and O–H groups in total. The lowest BCUT2D eigenvalue weighted by Crippen LogP contribution is -2.61. The fourth-order valence-corrected chi connectivity index (χ4v) is 4.26. The lowest BCUT2D eigenvalue weighted by atomic mass is 9.79. The van der Waals surface area contributed by atoms with Crippen LogP contribution in [0.2, 0.25) is 0 Å². The van der Waals surface area contributed by atoms with Crippen molar-refractivity contribution in [2.45, 2.75) is 44.6 Å². The number of piperazine rings is 1. The Morgan fingerprint density at radius 3 is 2.42 bits per heavy atom. The zero-order valence-electron chi connectivity index (χ0n) is 15.2. The van der Waals surface area contributed by atoms with Crippen LogP contribution in [-0.2, 0) is 0 Å². The summed E-state index contributed by atoms with van der Waals surface area (Å²) in [7, 11) is 2.20. The monoisotopic (exact) mass is 329 g/mol. The van der Waals surface area contributed by atoms with Gasteiger partial charge in [0.2, 0.25) is 0 Å². The molecule has 0 unspecified atom stereocenters. The number of nitrogens with one attached hydrogen (secondary N) is 1. The number of nitrogens with zero attached hydrogens (tertiary/aromatic N) is 2. The molecule has 3 rings (SSSR count). The molecule has 132 valence electrons. The van der Waals surface area contributed by atoms with E-state index in [2.05, 4.69) is 22.2 Å². The van der Waals surface area contributed by atoms with E-state index in [1.54, 1.807) is 0 Å². The Morgan fingerprint density at radius 2 is 1.75 bits per heavy atom. The number of aryl methyl sites for hydroxylation is 1. The largest absolute Gasteiger partial charge is 0.350 e. The first-order valence-electron chi connectivity index (χ1n) is 9.38. The van der Waals surface area contributed by atoms with Crippen LogP contribution in [0.1, 0.15) is 48.0 Å². The molecule has 2 fully saturated rings. The van der Waals surface area contributed by atoms with E-state index in [1.807, 2.05) is 31.2 Å². The predicted molar refractivity (Wildman–Crippen MR) is 98.4 cm³/mol. The number of hydrogen-bond acceptors (Lipinski definition) is 3. The van der Waals surface area contributed by atoms with Gasteiger partial charge in [-0.1, -0.05) is 37.5 Å². The Balaban J connectivity index is 1.68. The van der Waals surface area contributed by atoms with Crippen LogP contribution in [0.4, 0.5) is 0 Å². The normalized spacial score (nSPS) is 22.2. The summed E-state index contributed by atoms with van der Waals surface area (Å²) in [6.45, 7) is 7.30. The molecule has 1 aliphatic carbocycles. The van der Waals surface area contributed by atoms with E-state index in [0.717, 1.165) is 43.9 Å². The maximum atomic E-state index is 12.6. The van der Waals surface area contributed by atoms with E-state index in [-0.39, 0.29) is 11.4 Å². The third-order valence-electron chi connectivity index (χ3n) is 5.93. The summed E-state index contributed by atoms with van der Waals surface area (Å²) in [6.07, 6.45) is 6.33. The highest BCUT2D eigenvalue weighted by Crippen LogP contribution is 2.34. The summed E-state index contributed by atoms with van der Waals surface area (Å²) in [4.78, 5) is 17.7. The van der Waals surface area contributed by atoms with Crippen LogP contribution in [0.3, 0.4) is 0 Å². The van der Waals surface area contributed by atoms with Crippen molar-refractivity contribution < 1.29 is 4.79 Å². The van der Waals surface area contributed by atoms with Gasteiger partial charge < -0.3 is 10.2 Å². The van der Waals surface area contributed by atoms with Crippen LogP contribution >= 0.6 is 0 Å². The quantitative estimate of drug-likeness (QED) is 0.922. The number of carbonyl (C=O) groups is 1. The van der Waals surface area contributed by atoms with Gasteiger partial charge in [-0.2, -0.15) is 0 Å². The van der Waals surface area contributed by atoms with E-state index in [1.165, 1.54) is 32.1 Å². The van der Waals surface area contributed by atoms with Crippen LogP contribution in [0.15, 0.2) is 24.3 Å². The van der Waals surface area contributed by atoms with Crippen molar-refractivity contribution in [3.05, 3.63) is 35.4 Å². The average Bonchev–Trinajstić information content (AvgIpc) is 2.61. The number of hydrogen-bond donors (Lipinski definition) is 1. The van der Waals surface area contributed by atoms with Crippen LogP contribution in [0, 0.1) is 6.92 Å². The van der Waals surface area contributed by atoms with Gasteiger partial charge in [0, 0.05) is 43.8 Å². The maximum Gasteiger partial charge on any atom is 0.251 e. The van der Waals surface area contributed by atoms with Crippen LogP contribution in [-0.4, -0.2) is 61.0 Å². The molecule has 1 aromatic carbocycles. The zero-order chi connectivity index (χ0) is 17.0. The van der Waals surface area contributed by atoms with Crippen molar-refractivity contribution in [3.63, 3.8) is 0 Å². The van der Waals surface area contributed by atoms with Gasteiger partial charge in [0.15, 0.2) is 0 Å². The van der Waals surface area contributed by atoms with Gasteiger partial charge in [-0.15, -0.1) is 0 Å². The van der Waals surface area contributed by atoms with Gasteiger partial charge in [0.05, 0.1) is 0 Å². The molecule has 2 aliphatic rings. The molecule has 0 radical (unpaired) electrons. The molecule has 4 heteroatoms. The first kappa shape index (κ1) is 17.4. The van der Waals surface area contributed by atoms with Gasteiger partial charge in [-0.3, -0.25) is 9.69 Å². The molecule has 0 bridgehead atoms. The van der Waals surface area contributed by atoms with E-state index < -0.39 is 0 Å². The van der Waals surface area contributed by atoms with Crippen molar-refractivity contribution in [1.29, 1.82) is 0 Å². The minimum absolute atomic E-state index is 0.0761. The highest BCUT2D eigenvalue weighted by molar-refractivity contribution is 5.95. The highest BCUT2D eigenvalue weighted by Gasteiger charge is 2.39. The molecule has 1 amide bonds. The first-order valence-corrected chi connectivity index (χ1v) is 9.38. The summed E-state index contributed by atoms with van der Waals surface area (Å²) in [5.74, 6) is 0.0761. The molecular formula is C20H31N3O. The molecule has 24 heavy (non-hydrogen) atoms. The fourth-order valence-electron chi connectivity index (χ4n) is 4.26. The molecule has 1 aliphatic heterocycles. The third-order valence-corrected chi connectivity index (χ3v) is 5.93. The number of rotatable bonds is 4. The Kier molecular flexibility index (Phi) is 5.57. The molecule has 0 atom stereocenters. The molecule has 1 saturated carbocycles. The standard InChI is InChI=1S/C20H31N3O/c1-17-8-4-5-9-18(17)19(24)21-16-20(10-6-3-7-11-20)23-14-12-22(2)13-15-23/h4-5,8-9H,3,6-7,10-16H2,1-2H3,(H,21,24). The maximum absolute atomic E-state index is 12.6. The molecular weight excluding hydrogens is 298 g/mol. The Hall–Kier alpha value is -1.39. The molecule has 0 spiro atoms. The van der Waals surface area contributed by atoms with Crippen molar-refractivity contribution >= 4 is 5.91 Å². The van der Waals surface area contributed by atoms with Crippen LogP contribution < -0.4 is 5.32 Å². The molecule has 1 aromatic rings. The van der Waals surface area contributed by atoms with Gasteiger partial charge in [-0.25, -0.2) is 0 Å². The van der Waals surface area contributed by atoms with Crippen molar-refractivity contribution in [3.8, 4) is 0 Å². The third kappa shape index (κ3) is 3.81. The summed E-state index contributed by atoms with van der Waals surface area (Å²) in [5.41, 5.74) is 2.02. The lowest BCUT2D eigenvalue weighted by molar-refractivity contribution is 0.0138.